The number of rotatable bonds is 8. The number of Topliss-reactive ketones (excluding diaryl/α,β-unsaturated/α-hetero) is 1. The van der Waals surface area contributed by atoms with Gasteiger partial charge in [-0.25, -0.2) is 9.50 Å². The minimum atomic E-state index is -0.354. The number of ketones is 1. The number of fused-ring (bicyclic) bond motifs is 2. The van der Waals surface area contributed by atoms with Gasteiger partial charge >= 0.3 is 0 Å². The SMILES string of the molecule is CCOCc1c(-c2cc3cc(C)cc(OC)c3s2)c2c(N)ncnn2c1C(=O)C[C@H]1CCNC1=O. The molecule has 1 aliphatic rings. The number of aryl methyl sites for hydroxylation is 1. The molecule has 9 nitrogen and oxygen atoms in total. The van der Waals surface area contributed by atoms with Crippen molar-refractivity contribution in [3.63, 3.8) is 0 Å². The molecular formula is C25H27N5O4S. The predicted molar refractivity (Wildman–Crippen MR) is 135 cm³/mol. The van der Waals surface area contributed by atoms with Gasteiger partial charge in [0, 0.05) is 41.5 Å². The molecule has 0 unspecified atom stereocenters. The third-order valence-electron chi connectivity index (χ3n) is 6.36. The monoisotopic (exact) mass is 493 g/mol. The summed E-state index contributed by atoms with van der Waals surface area (Å²) in [5, 5.41) is 8.24. The first-order chi connectivity index (χ1) is 16.9. The van der Waals surface area contributed by atoms with Gasteiger partial charge in [-0.3, -0.25) is 9.59 Å². The van der Waals surface area contributed by atoms with E-state index in [-0.39, 0.29) is 36.5 Å². The predicted octanol–water partition coefficient (Wildman–Crippen LogP) is 3.76. The molecule has 1 amide bonds. The van der Waals surface area contributed by atoms with Crippen LogP contribution in [-0.2, 0) is 16.1 Å². The van der Waals surface area contributed by atoms with Crippen molar-refractivity contribution in [1.29, 1.82) is 0 Å². The summed E-state index contributed by atoms with van der Waals surface area (Å²) in [5.74, 6) is 0.444. The molecule has 0 saturated carbocycles. The van der Waals surface area contributed by atoms with Crippen molar-refractivity contribution < 1.29 is 19.1 Å². The summed E-state index contributed by atoms with van der Waals surface area (Å²) in [7, 11) is 1.66. The number of hydrogen-bond acceptors (Lipinski definition) is 8. The van der Waals surface area contributed by atoms with E-state index in [2.05, 4.69) is 27.5 Å². The van der Waals surface area contributed by atoms with Crippen molar-refractivity contribution in [2.24, 2.45) is 5.92 Å². The van der Waals surface area contributed by atoms with Crippen molar-refractivity contribution in [2.45, 2.75) is 33.3 Å². The largest absolute Gasteiger partial charge is 0.495 e. The van der Waals surface area contributed by atoms with E-state index < -0.39 is 0 Å². The number of nitrogens with one attached hydrogen (secondary N) is 1. The highest BCUT2D eigenvalue weighted by Gasteiger charge is 2.32. The zero-order chi connectivity index (χ0) is 24.7. The number of benzene rings is 1. The van der Waals surface area contributed by atoms with E-state index in [0.717, 1.165) is 31.8 Å². The Balaban J connectivity index is 1.75. The molecule has 4 heterocycles. The molecule has 1 atom stereocenters. The summed E-state index contributed by atoms with van der Waals surface area (Å²) in [6, 6.07) is 6.18. The third-order valence-corrected chi connectivity index (χ3v) is 7.54. The lowest BCUT2D eigenvalue weighted by Crippen LogP contribution is -2.22. The number of methoxy groups -OCH3 is 1. The maximum atomic E-state index is 13.6. The van der Waals surface area contributed by atoms with Crippen LogP contribution in [0.5, 0.6) is 5.75 Å². The lowest BCUT2D eigenvalue weighted by molar-refractivity contribution is -0.122. The van der Waals surface area contributed by atoms with Gasteiger partial charge in [-0.1, -0.05) is 6.07 Å². The molecule has 10 heteroatoms. The molecule has 182 valence electrons. The van der Waals surface area contributed by atoms with Crippen molar-refractivity contribution in [3.8, 4) is 16.2 Å². The Bertz CT molecular complexity index is 1460. The molecule has 0 spiro atoms. The topological polar surface area (TPSA) is 121 Å². The molecule has 1 aromatic carbocycles. The molecule has 0 aliphatic carbocycles. The Kier molecular flexibility index (Phi) is 6.16. The third kappa shape index (κ3) is 4.02. The minimum absolute atomic E-state index is 0.0908. The molecule has 1 fully saturated rings. The standard InChI is InChI=1S/C25H27N5O4S/c1-4-34-11-16-20(19-10-15-7-13(2)8-18(33-3)23(15)35-19)22-24(26)28-12-29-30(22)21(16)17(31)9-14-5-6-27-25(14)32/h7-8,10,12,14H,4-6,9,11H2,1-3H3,(H,27,32)(H2,26,28,29)/t14-/m1/s1. The number of amides is 1. The number of nitrogen functional groups attached to an aromatic ring is 1. The molecule has 35 heavy (non-hydrogen) atoms. The molecule has 0 bridgehead atoms. The van der Waals surface area contributed by atoms with E-state index in [9.17, 15) is 9.59 Å². The van der Waals surface area contributed by atoms with Crippen LogP contribution in [0.1, 0.15) is 41.4 Å². The Morgan fingerprint density at radius 2 is 2.17 bits per heavy atom. The van der Waals surface area contributed by atoms with Crippen LogP contribution in [0, 0.1) is 12.8 Å². The number of anilines is 1. The number of nitrogens with zero attached hydrogens (tertiary/aromatic N) is 3. The lowest BCUT2D eigenvalue weighted by Gasteiger charge is -2.09. The summed E-state index contributed by atoms with van der Waals surface area (Å²) < 4.78 is 14.0. The van der Waals surface area contributed by atoms with Crippen LogP contribution in [0.15, 0.2) is 24.5 Å². The second-order valence-electron chi connectivity index (χ2n) is 8.65. The van der Waals surface area contributed by atoms with Crippen LogP contribution in [-0.4, -0.2) is 46.5 Å². The average Bonchev–Trinajstić information content (AvgIpc) is 3.52. The van der Waals surface area contributed by atoms with Crippen LogP contribution < -0.4 is 15.8 Å². The van der Waals surface area contributed by atoms with E-state index in [0.29, 0.717) is 36.3 Å². The summed E-state index contributed by atoms with van der Waals surface area (Å²) in [5.41, 5.74) is 9.86. The highest BCUT2D eigenvalue weighted by atomic mass is 32.1. The lowest BCUT2D eigenvalue weighted by atomic mass is 9.97. The van der Waals surface area contributed by atoms with Gasteiger partial charge in [-0.2, -0.15) is 5.10 Å². The molecule has 1 aliphatic heterocycles. The van der Waals surface area contributed by atoms with Gasteiger partial charge in [0.1, 0.15) is 23.3 Å². The van der Waals surface area contributed by atoms with E-state index in [1.807, 2.05) is 19.9 Å². The number of carbonyl (C=O) groups excluding carboxylic acids is 2. The van der Waals surface area contributed by atoms with E-state index in [4.69, 9.17) is 15.2 Å². The van der Waals surface area contributed by atoms with E-state index in [1.165, 1.54) is 6.33 Å². The maximum absolute atomic E-state index is 13.6. The van der Waals surface area contributed by atoms with Crippen molar-refractivity contribution >= 4 is 44.4 Å². The maximum Gasteiger partial charge on any atom is 0.223 e. The average molecular weight is 494 g/mol. The van der Waals surface area contributed by atoms with Gasteiger partial charge < -0.3 is 20.5 Å². The molecule has 1 saturated heterocycles. The van der Waals surface area contributed by atoms with Crippen molar-refractivity contribution in [1.82, 2.24) is 19.9 Å². The van der Waals surface area contributed by atoms with Gasteiger partial charge in [0.05, 0.1) is 18.4 Å². The second kappa shape index (κ2) is 9.27. The van der Waals surface area contributed by atoms with Gasteiger partial charge in [0.2, 0.25) is 5.91 Å². The zero-order valence-electron chi connectivity index (χ0n) is 19.9. The summed E-state index contributed by atoms with van der Waals surface area (Å²) in [4.78, 5) is 30.9. The second-order valence-corrected chi connectivity index (χ2v) is 9.70. The fourth-order valence-corrected chi connectivity index (χ4v) is 5.96. The first-order valence-electron chi connectivity index (χ1n) is 11.5. The highest BCUT2D eigenvalue weighted by Crippen LogP contribution is 2.44. The Morgan fingerprint density at radius 1 is 1.34 bits per heavy atom. The number of hydrogen-bond donors (Lipinski definition) is 2. The fraction of sp³-hybridized carbons (Fsp3) is 0.360. The molecule has 4 aromatic rings. The number of aromatic nitrogens is 3. The van der Waals surface area contributed by atoms with Crippen LogP contribution >= 0.6 is 11.3 Å². The van der Waals surface area contributed by atoms with Gasteiger partial charge in [-0.05, 0) is 43.4 Å². The van der Waals surface area contributed by atoms with Crippen molar-refractivity contribution in [2.75, 3.05) is 26.0 Å². The smallest absolute Gasteiger partial charge is 0.223 e. The first kappa shape index (κ1) is 23.3. The van der Waals surface area contributed by atoms with Crippen LogP contribution in [0.2, 0.25) is 0 Å². The van der Waals surface area contributed by atoms with Crippen molar-refractivity contribution in [3.05, 3.63) is 41.3 Å². The van der Waals surface area contributed by atoms with Crippen LogP contribution in [0.3, 0.4) is 0 Å². The summed E-state index contributed by atoms with van der Waals surface area (Å²) >= 11 is 1.56. The summed E-state index contributed by atoms with van der Waals surface area (Å²) in [6.45, 7) is 5.19. The number of thiophene rings is 1. The molecule has 3 aromatic heterocycles. The van der Waals surface area contributed by atoms with Gasteiger partial charge in [0.25, 0.3) is 0 Å². The van der Waals surface area contributed by atoms with Crippen LogP contribution in [0.4, 0.5) is 5.82 Å². The zero-order valence-corrected chi connectivity index (χ0v) is 20.7. The van der Waals surface area contributed by atoms with Crippen LogP contribution in [0.25, 0.3) is 26.0 Å². The number of carbonyl (C=O) groups is 2. The number of ether oxygens (including phenoxy) is 2. The van der Waals surface area contributed by atoms with Gasteiger partial charge in [0.15, 0.2) is 11.6 Å². The van der Waals surface area contributed by atoms with E-state index >= 15 is 0 Å². The summed E-state index contributed by atoms with van der Waals surface area (Å²) in [6.07, 6.45) is 2.07. The normalized spacial score (nSPS) is 15.7. The quantitative estimate of drug-likeness (QED) is 0.359. The highest BCUT2D eigenvalue weighted by molar-refractivity contribution is 7.22. The van der Waals surface area contributed by atoms with Gasteiger partial charge in [-0.15, -0.1) is 11.3 Å². The molecule has 0 radical (unpaired) electrons. The Labute approximate surface area is 206 Å². The molecule has 3 N–H and O–H groups in total. The minimum Gasteiger partial charge on any atom is -0.495 e. The number of nitrogens with two attached hydrogens (primary N) is 1. The molecule has 5 rings (SSSR count). The Morgan fingerprint density at radius 3 is 2.89 bits per heavy atom. The molecular weight excluding hydrogens is 466 g/mol. The first-order valence-corrected chi connectivity index (χ1v) is 12.4. The Hall–Kier alpha value is -3.50. The fourth-order valence-electron chi connectivity index (χ4n) is 4.76. The van der Waals surface area contributed by atoms with E-state index in [1.54, 1.807) is 23.0 Å².